The molecule has 1 aliphatic heterocycles. The fourth-order valence-corrected chi connectivity index (χ4v) is 4.94. The van der Waals surface area contributed by atoms with Gasteiger partial charge in [-0.1, -0.05) is 67.2 Å². The SMILES string of the molecule is C=C(N)NCCC.CC.CC(=O)OCc1ccc(NC(=O)CNC(=C2CCC2)C(NC(=O)CN2C(=O)CC(C(C)C)C2=O)C(C)C)cc1. The summed E-state index contributed by atoms with van der Waals surface area (Å²) in [4.78, 5) is 62.8. The van der Waals surface area contributed by atoms with Gasteiger partial charge in [0.05, 0.1) is 18.4 Å². The molecule has 0 radical (unpaired) electrons. The number of ether oxygens (including phenoxy) is 1. The summed E-state index contributed by atoms with van der Waals surface area (Å²) in [7, 11) is 0. The van der Waals surface area contributed by atoms with Gasteiger partial charge in [-0.15, -0.1) is 0 Å². The van der Waals surface area contributed by atoms with Gasteiger partial charge < -0.3 is 31.7 Å². The number of rotatable bonds is 15. The molecule has 1 aromatic carbocycles. The van der Waals surface area contributed by atoms with Crippen LogP contribution in [0.5, 0.6) is 0 Å². The smallest absolute Gasteiger partial charge is 0.302 e. The van der Waals surface area contributed by atoms with Crippen molar-refractivity contribution in [2.75, 3.05) is 25.0 Å². The summed E-state index contributed by atoms with van der Waals surface area (Å²) in [5.74, 6) is -1.42. The van der Waals surface area contributed by atoms with E-state index in [9.17, 15) is 24.0 Å². The van der Waals surface area contributed by atoms with Gasteiger partial charge in [-0.25, -0.2) is 0 Å². The van der Waals surface area contributed by atoms with Crippen LogP contribution < -0.4 is 27.0 Å². The minimum atomic E-state index is -0.405. The zero-order chi connectivity index (χ0) is 36.4. The minimum Gasteiger partial charge on any atom is -0.461 e. The molecule has 6 N–H and O–H groups in total. The van der Waals surface area contributed by atoms with E-state index in [-0.39, 0.29) is 67.6 Å². The zero-order valence-corrected chi connectivity index (χ0v) is 30.2. The molecule has 2 fully saturated rings. The number of benzene rings is 1. The normalized spacial score (nSPS) is 15.7. The van der Waals surface area contributed by atoms with Crippen LogP contribution in [0.3, 0.4) is 0 Å². The van der Waals surface area contributed by atoms with Crippen LogP contribution in [0, 0.1) is 17.8 Å². The average molecular weight is 671 g/mol. The maximum atomic E-state index is 13.0. The molecular weight excluding hydrogens is 612 g/mol. The van der Waals surface area contributed by atoms with Crippen LogP contribution in [-0.4, -0.2) is 60.2 Å². The Morgan fingerprint density at radius 2 is 1.65 bits per heavy atom. The molecule has 1 aliphatic carbocycles. The summed E-state index contributed by atoms with van der Waals surface area (Å²) < 4.78 is 4.98. The number of imide groups is 1. The molecule has 1 saturated carbocycles. The van der Waals surface area contributed by atoms with Gasteiger partial charge in [0, 0.05) is 37.2 Å². The lowest BCUT2D eigenvalue weighted by molar-refractivity contribution is -0.144. The molecule has 2 unspecified atom stereocenters. The number of hydrogen-bond donors (Lipinski definition) is 5. The van der Waals surface area contributed by atoms with Gasteiger partial charge in [-0.05, 0) is 60.8 Å². The van der Waals surface area contributed by atoms with Crippen molar-refractivity contribution in [2.24, 2.45) is 23.5 Å². The second kappa shape index (κ2) is 21.5. The van der Waals surface area contributed by atoms with Gasteiger partial charge in [0.2, 0.25) is 23.6 Å². The molecule has 1 heterocycles. The molecule has 48 heavy (non-hydrogen) atoms. The second-order valence-corrected chi connectivity index (χ2v) is 12.4. The third-order valence-electron chi connectivity index (χ3n) is 7.74. The number of carbonyl (C=O) groups excluding carboxylic acids is 5. The first-order valence-corrected chi connectivity index (χ1v) is 17.0. The summed E-state index contributed by atoms with van der Waals surface area (Å²) in [6.45, 7) is 19.4. The Balaban J connectivity index is 0.00000113. The van der Waals surface area contributed by atoms with E-state index in [2.05, 4.69) is 34.8 Å². The average Bonchev–Trinajstić information content (AvgIpc) is 3.29. The Morgan fingerprint density at radius 3 is 2.08 bits per heavy atom. The molecule has 1 saturated heterocycles. The summed E-state index contributed by atoms with van der Waals surface area (Å²) in [6, 6.07) is 6.64. The first-order chi connectivity index (χ1) is 22.7. The summed E-state index contributed by atoms with van der Waals surface area (Å²) in [5, 5.41) is 12.0. The van der Waals surface area contributed by atoms with Crippen LogP contribution >= 0.6 is 0 Å². The highest BCUT2D eigenvalue weighted by Gasteiger charge is 2.41. The molecule has 0 spiro atoms. The molecule has 12 nitrogen and oxygen atoms in total. The van der Waals surface area contributed by atoms with E-state index < -0.39 is 11.9 Å². The summed E-state index contributed by atoms with van der Waals surface area (Å²) in [5.41, 5.74) is 8.57. The number of carbonyl (C=O) groups is 5. The van der Waals surface area contributed by atoms with Crippen molar-refractivity contribution in [1.29, 1.82) is 0 Å². The van der Waals surface area contributed by atoms with E-state index in [4.69, 9.17) is 10.5 Å². The predicted octanol–water partition coefficient (Wildman–Crippen LogP) is 4.33. The number of anilines is 1. The van der Waals surface area contributed by atoms with Crippen LogP contribution in [0.1, 0.15) is 93.1 Å². The van der Waals surface area contributed by atoms with E-state index in [0.717, 1.165) is 54.0 Å². The number of hydrogen-bond acceptors (Lipinski definition) is 9. The lowest BCUT2D eigenvalue weighted by atomic mass is 9.85. The lowest BCUT2D eigenvalue weighted by Crippen LogP contribution is -2.49. The number of nitrogens with two attached hydrogens (primary N) is 1. The van der Waals surface area contributed by atoms with Gasteiger partial charge in [-0.2, -0.15) is 0 Å². The Kier molecular flexibility index (Phi) is 18.7. The molecule has 12 heteroatoms. The summed E-state index contributed by atoms with van der Waals surface area (Å²) >= 11 is 0. The molecule has 2 aliphatic rings. The van der Waals surface area contributed by atoms with E-state index in [1.165, 1.54) is 6.92 Å². The number of esters is 1. The van der Waals surface area contributed by atoms with E-state index >= 15 is 0 Å². The second-order valence-electron chi connectivity index (χ2n) is 12.4. The quantitative estimate of drug-likeness (QED) is 0.135. The van der Waals surface area contributed by atoms with Crippen molar-refractivity contribution < 1.29 is 28.7 Å². The summed E-state index contributed by atoms with van der Waals surface area (Å²) in [6.07, 6.45) is 4.03. The van der Waals surface area contributed by atoms with Crippen molar-refractivity contribution in [3.05, 3.63) is 53.5 Å². The van der Waals surface area contributed by atoms with Crippen LogP contribution in [-0.2, 0) is 35.3 Å². The first kappa shape index (κ1) is 41.7. The molecule has 4 amide bonds. The number of nitrogens with zero attached hydrogens (tertiary/aromatic N) is 1. The fourth-order valence-electron chi connectivity index (χ4n) is 4.94. The Morgan fingerprint density at radius 1 is 1.02 bits per heavy atom. The maximum Gasteiger partial charge on any atom is 0.302 e. The maximum absolute atomic E-state index is 13.0. The molecule has 0 bridgehead atoms. The lowest BCUT2D eigenvalue weighted by Gasteiger charge is -2.32. The van der Waals surface area contributed by atoms with E-state index in [0.29, 0.717) is 11.5 Å². The molecule has 3 rings (SSSR count). The zero-order valence-electron chi connectivity index (χ0n) is 30.2. The Bertz CT molecular complexity index is 1270. The molecule has 2 atom stereocenters. The minimum absolute atomic E-state index is 0.00534. The van der Waals surface area contributed by atoms with Gasteiger partial charge >= 0.3 is 5.97 Å². The fraction of sp³-hybridized carbons (Fsp3) is 0.583. The molecular formula is C36H58N6O6. The number of nitrogens with one attached hydrogen (secondary N) is 4. The molecule has 268 valence electrons. The highest BCUT2D eigenvalue weighted by atomic mass is 16.5. The first-order valence-electron chi connectivity index (χ1n) is 17.0. The van der Waals surface area contributed by atoms with Crippen molar-refractivity contribution in [3.63, 3.8) is 0 Å². The molecule has 0 aromatic heterocycles. The highest BCUT2D eigenvalue weighted by molar-refractivity contribution is 6.06. The van der Waals surface area contributed by atoms with Crippen LogP contribution in [0.25, 0.3) is 0 Å². The van der Waals surface area contributed by atoms with Gasteiger partial charge in [-0.3, -0.25) is 28.9 Å². The van der Waals surface area contributed by atoms with Crippen molar-refractivity contribution >= 4 is 35.3 Å². The van der Waals surface area contributed by atoms with Gasteiger partial charge in [0.15, 0.2) is 0 Å². The molecule has 1 aromatic rings. The van der Waals surface area contributed by atoms with E-state index in [1.807, 2.05) is 41.5 Å². The largest absolute Gasteiger partial charge is 0.461 e. The standard InChI is InChI=1S/C29H40N4O6.C5H12N2.C2H6/c1-17(2)23-13-26(37)33(29(23)38)15-25(36)32-27(18(3)4)28(21-7-6-8-21)30-14-24(35)31-22-11-9-20(10-12-22)16-39-19(5)34;1-3-4-7-5(2)6;1-2/h9-12,17-18,23,27,30H,6-8,13-16H2,1-5H3,(H,31,35)(H,32,36);7H,2-4,6H2,1H3;1-2H3. The number of allylic oxidation sites excluding steroid dienone is 1. The van der Waals surface area contributed by atoms with Crippen molar-refractivity contribution in [3.8, 4) is 0 Å². The van der Waals surface area contributed by atoms with Crippen LogP contribution in [0.2, 0.25) is 0 Å². The highest BCUT2D eigenvalue weighted by Crippen LogP contribution is 2.31. The van der Waals surface area contributed by atoms with Crippen LogP contribution in [0.4, 0.5) is 5.69 Å². The third-order valence-corrected chi connectivity index (χ3v) is 7.74. The van der Waals surface area contributed by atoms with Gasteiger partial charge in [0.25, 0.3) is 0 Å². The van der Waals surface area contributed by atoms with Gasteiger partial charge in [0.1, 0.15) is 13.2 Å². The van der Waals surface area contributed by atoms with Crippen molar-refractivity contribution in [1.82, 2.24) is 20.9 Å². The third kappa shape index (κ3) is 14.2. The number of amides is 4. The van der Waals surface area contributed by atoms with E-state index in [1.54, 1.807) is 24.3 Å². The van der Waals surface area contributed by atoms with Crippen LogP contribution in [0.15, 0.2) is 47.9 Å². The predicted molar refractivity (Wildman–Crippen MR) is 189 cm³/mol. The Labute approximate surface area is 286 Å². The monoisotopic (exact) mass is 670 g/mol. The van der Waals surface area contributed by atoms with Crippen molar-refractivity contribution in [2.45, 2.75) is 100 Å². The Hall–Kier alpha value is -4.35. The number of likely N-dealkylation sites (tertiary alicyclic amines) is 1. The topological polar surface area (TPSA) is 172 Å².